The van der Waals surface area contributed by atoms with Crippen molar-refractivity contribution in [1.29, 1.82) is 0 Å². The number of likely N-dealkylation sites (N-methyl/N-ethyl adjacent to an activating group) is 1. The minimum atomic E-state index is -0.846. The van der Waals surface area contributed by atoms with Gasteiger partial charge in [0.05, 0.1) is 17.3 Å². The van der Waals surface area contributed by atoms with Gasteiger partial charge in [0.25, 0.3) is 5.78 Å². The second-order valence-corrected chi connectivity index (χ2v) is 5.41. The molecule has 0 unspecified atom stereocenters. The first-order valence-electron chi connectivity index (χ1n) is 6.97. The predicted molar refractivity (Wildman–Crippen MR) is 82.1 cm³/mol. The summed E-state index contributed by atoms with van der Waals surface area (Å²) in [6.45, 7) is 5.56. The van der Waals surface area contributed by atoms with E-state index in [1.807, 2.05) is 0 Å². The standard InChI is InChI=1S/C15H19ClN2O3/c1-3-21-15(20)14(19)11-4-5-13(12(16)10-11)18-8-6-17(2)7-9-18/h4-5,10H,3,6-9H2,1-2H3. The van der Waals surface area contributed by atoms with E-state index in [1.54, 1.807) is 19.1 Å². The van der Waals surface area contributed by atoms with E-state index in [4.69, 9.17) is 16.3 Å². The van der Waals surface area contributed by atoms with Crippen LogP contribution in [0.1, 0.15) is 17.3 Å². The average Bonchev–Trinajstić information content (AvgIpc) is 2.48. The number of piperazine rings is 1. The number of ether oxygens (including phenoxy) is 1. The van der Waals surface area contributed by atoms with Gasteiger partial charge in [0.15, 0.2) is 0 Å². The van der Waals surface area contributed by atoms with Gasteiger partial charge >= 0.3 is 5.97 Å². The molecule has 0 radical (unpaired) electrons. The number of Topliss-reactive ketones (excluding diaryl/α,β-unsaturated/α-hetero) is 1. The first-order valence-corrected chi connectivity index (χ1v) is 7.35. The van der Waals surface area contributed by atoms with Crippen molar-refractivity contribution >= 4 is 29.0 Å². The third-order valence-corrected chi connectivity index (χ3v) is 3.82. The molecular weight excluding hydrogens is 292 g/mol. The monoisotopic (exact) mass is 310 g/mol. The molecule has 1 heterocycles. The summed E-state index contributed by atoms with van der Waals surface area (Å²) in [7, 11) is 2.08. The van der Waals surface area contributed by atoms with Crippen molar-refractivity contribution in [3.05, 3.63) is 28.8 Å². The highest BCUT2D eigenvalue weighted by Gasteiger charge is 2.21. The van der Waals surface area contributed by atoms with Crippen molar-refractivity contribution in [2.24, 2.45) is 0 Å². The Kier molecular flexibility index (Phi) is 5.20. The molecule has 1 aromatic rings. The number of halogens is 1. The Balaban J connectivity index is 2.14. The molecule has 0 aromatic heterocycles. The molecule has 0 bridgehead atoms. The number of hydrogen-bond acceptors (Lipinski definition) is 5. The minimum Gasteiger partial charge on any atom is -0.460 e. The summed E-state index contributed by atoms with van der Waals surface area (Å²) in [6, 6.07) is 4.95. The fraction of sp³-hybridized carbons (Fsp3) is 0.467. The molecule has 2 rings (SSSR count). The molecule has 1 saturated heterocycles. The number of nitrogens with zero attached hydrogens (tertiary/aromatic N) is 2. The van der Waals surface area contributed by atoms with Crippen LogP contribution < -0.4 is 4.90 Å². The highest BCUT2D eigenvalue weighted by Crippen LogP contribution is 2.28. The molecule has 1 aliphatic heterocycles. The van der Waals surface area contributed by atoms with E-state index >= 15 is 0 Å². The number of carbonyl (C=O) groups excluding carboxylic acids is 2. The first-order chi connectivity index (χ1) is 10.0. The Bertz CT molecular complexity index is 540. The fourth-order valence-electron chi connectivity index (χ4n) is 2.27. The van der Waals surface area contributed by atoms with Crippen molar-refractivity contribution in [3.63, 3.8) is 0 Å². The van der Waals surface area contributed by atoms with Gasteiger partial charge in [0, 0.05) is 31.7 Å². The maximum atomic E-state index is 11.9. The molecule has 0 amide bonds. The topological polar surface area (TPSA) is 49.9 Å². The van der Waals surface area contributed by atoms with E-state index in [1.165, 1.54) is 6.07 Å². The molecular formula is C15H19ClN2O3. The quantitative estimate of drug-likeness (QED) is 0.482. The Hall–Kier alpha value is -1.59. The summed E-state index contributed by atoms with van der Waals surface area (Å²) in [5, 5.41) is 0.481. The van der Waals surface area contributed by atoms with Crippen molar-refractivity contribution in [1.82, 2.24) is 4.90 Å². The van der Waals surface area contributed by atoms with Gasteiger partial charge < -0.3 is 14.5 Å². The number of carbonyl (C=O) groups is 2. The highest BCUT2D eigenvalue weighted by atomic mass is 35.5. The number of hydrogen-bond donors (Lipinski definition) is 0. The molecule has 114 valence electrons. The van der Waals surface area contributed by atoms with Crippen LogP contribution in [0.5, 0.6) is 0 Å². The zero-order valence-electron chi connectivity index (χ0n) is 12.3. The molecule has 1 aliphatic rings. The molecule has 1 fully saturated rings. The van der Waals surface area contributed by atoms with E-state index < -0.39 is 11.8 Å². The van der Waals surface area contributed by atoms with Gasteiger partial charge in [-0.15, -0.1) is 0 Å². The van der Waals surface area contributed by atoms with Crippen molar-refractivity contribution in [2.75, 3.05) is 44.7 Å². The number of ketones is 1. The molecule has 0 atom stereocenters. The predicted octanol–water partition coefficient (Wildman–Crippen LogP) is 1.84. The lowest BCUT2D eigenvalue weighted by Gasteiger charge is -2.34. The van der Waals surface area contributed by atoms with Crippen LogP contribution in [0, 0.1) is 0 Å². The van der Waals surface area contributed by atoms with E-state index in [0.717, 1.165) is 31.9 Å². The van der Waals surface area contributed by atoms with Crippen LogP contribution in [0.3, 0.4) is 0 Å². The molecule has 0 aliphatic carbocycles. The molecule has 1 aromatic carbocycles. The van der Waals surface area contributed by atoms with Gasteiger partial charge in [-0.2, -0.15) is 0 Å². The smallest absolute Gasteiger partial charge is 0.379 e. The van der Waals surface area contributed by atoms with Gasteiger partial charge in [-0.1, -0.05) is 11.6 Å². The zero-order chi connectivity index (χ0) is 15.4. The Morgan fingerprint density at radius 3 is 2.48 bits per heavy atom. The van der Waals surface area contributed by atoms with Gasteiger partial charge in [-0.05, 0) is 32.2 Å². The van der Waals surface area contributed by atoms with Crippen LogP contribution >= 0.6 is 11.6 Å². The van der Waals surface area contributed by atoms with Crippen molar-refractivity contribution in [3.8, 4) is 0 Å². The van der Waals surface area contributed by atoms with E-state index in [9.17, 15) is 9.59 Å². The normalized spacial score (nSPS) is 15.9. The van der Waals surface area contributed by atoms with Crippen LogP contribution in [0.4, 0.5) is 5.69 Å². The lowest BCUT2D eigenvalue weighted by Crippen LogP contribution is -2.44. The highest BCUT2D eigenvalue weighted by molar-refractivity contribution is 6.41. The van der Waals surface area contributed by atoms with Gasteiger partial charge in [-0.25, -0.2) is 4.79 Å². The number of rotatable bonds is 4. The van der Waals surface area contributed by atoms with Crippen LogP contribution in [0.15, 0.2) is 18.2 Å². The van der Waals surface area contributed by atoms with Gasteiger partial charge in [0.2, 0.25) is 0 Å². The molecule has 5 nitrogen and oxygen atoms in total. The van der Waals surface area contributed by atoms with E-state index in [-0.39, 0.29) is 12.2 Å². The summed E-state index contributed by atoms with van der Waals surface area (Å²) in [4.78, 5) is 27.7. The lowest BCUT2D eigenvalue weighted by atomic mass is 10.1. The van der Waals surface area contributed by atoms with Crippen LogP contribution in [-0.2, 0) is 9.53 Å². The Labute approximate surface area is 129 Å². The minimum absolute atomic E-state index is 0.178. The molecule has 21 heavy (non-hydrogen) atoms. The SMILES string of the molecule is CCOC(=O)C(=O)c1ccc(N2CCN(C)CC2)c(Cl)c1. The molecule has 0 spiro atoms. The Morgan fingerprint density at radius 1 is 1.24 bits per heavy atom. The molecule has 0 N–H and O–H groups in total. The third kappa shape index (κ3) is 3.74. The second-order valence-electron chi connectivity index (χ2n) is 5.01. The summed E-state index contributed by atoms with van der Waals surface area (Å²) < 4.78 is 4.71. The lowest BCUT2D eigenvalue weighted by molar-refractivity contribution is -0.137. The first kappa shape index (κ1) is 15.8. The Morgan fingerprint density at radius 2 is 1.90 bits per heavy atom. The van der Waals surface area contributed by atoms with Gasteiger partial charge in [-0.3, -0.25) is 4.79 Å². The fourth-order valence-corrected chi connectivity index (χ4v) is 2.57. The van der Waals surface area contributed by atoms with Crippen LogP contribution in [-0.4, -0.2) is 56.5 Å². The summed E-state index contributed by atoms with van der Waals surface area (Å²) >= 11 is 6.27. The van der Waals surface area contributed by atoms with E-state index in [2.05, 4.69) is 16.8 Å². The maximum Gasteiger partial charge on any atom is 0.379 e. The summed E-state index contributed by atoms with van der Waals surface area (Å²) in [6.07, 6.45) is 0. The molecule has 6 heteroatoms. The largest absolute Gasteiger partial charge is 0.460 e. The average molecular weight is 311 g/mol. The number of benzene rings is 1. The summed E-state index contributed by atoms with van der Waals surface area (Å²) in [5.74, 6) is -1.51. The maximum absolute atomic E-state index is 11.9. The van der Waals surface area contributed by atoms with Crippen LogP contribution in [0.25, 0.3) is 0 Å². The third-order valence-electron chi connectivity index (χ3n) is 3.51. The zero-order valence-corrected chi connectivity index (χ0v) is 13.0. The van der Waals surface area contributed by atoms with E-state index in [0.29, 0.717) is 5.02 Å². The second kappa shape index (κ2) is 6.91. The van der Waals surface area contributed by atoms with Gasteiger partial charge in [0.1, 0.15) is 0 Å². The summed E-state index contributed by atoms with van der Waals surface area (Å²) in [5.41, 5.74) is 1.15. The van der Waals surface area contributed by atoms with Crippen LogP contribution in [0.2, 0.25) is 5.02 Å². The number of anilines is 1. The van der Waals surface area contributed by atoms with Crippen molar-refractivity contribution in [2.45, 2.75) is 6.92 Å². The van der Waals surface area contributed by atoms with Crippen molar-refractivity contribution < 1.29 is 14.3 Å². The number of esters is 1. The molecule has 0 saturated carbocycles.